The molecule has 0 N–H and O–H groups in total. The van der Waals surface area contributed by atoms with E-state index in [1.54, 1.807) is 29.1 Å². The third-order valence-corrected chi connectivity index (χ3v) is 9.70. The minimum absolute atomic E-state index is 0.0641. The van der Waals surface area contributed by atoms with Crippen LogP contribution in [0.2, 0.25) is 10.0 Å². The molecule has 1 aliphatic rings. The molecule has 38 heavy (non-hydrogen) atoms. The van der Waals surface area contributed by atoms with Gasteiger partial charge in [-0.05, 0) is 53.4 Å². The van der Waals surface area contributed by atoms with E-state index in [9.17, 15) is 4.79 Å². The maximum atomic E-state index is 14.1. The van der Waals surface area contributed by atoms with Crippen LogP contribution < -0.4 is 10.3 Å². The average Bonchev–Trinajstić information content (AvgIpc) is 3.51. The van der Waals surface area contributed by atoms with Gasteiger partial charge in [0.15, 0.2) is 5.16 Å². The van der Waals surface area contributed by atoms with E-state index in [1.165, 1.54) is 11.8 Å². The molecule has 3 aromatic heterocycles. The van der Waals surface area contributed by atoms with Crippen molar-refractivity contribution in [1.29, 1.82) is 0 Å². The number of halogens is 2. The SMILES string of the molecule is COc1ccc(-n2c(=O)c3c4c(sc3n3c(SCc5ccc(Cl)c(Cl)c5)nnc23)CO[C@@H](C(C)C)C4)cc1. The number of hydrogen-bond acceptors (Lipinski definition) is 7. The van der Waals surface area contributed by atoms with Crippen molar-refractivity contribution in [3.63, 3.8) is 0 Å². The normalized spacial score (nSPS) is 15.5. The van der Waals surface area contributed by atoms with Crippen molar-refractivity contribution in [2.75, 3.05) is 7.11 Å². The van der Waals surface area contributed by atoms with Gasteiger partial charge in [-0.1, -0.05) is 54.9 Å². The molecule has 0 radical (unpaired) electrons. The van der Waals surface area contributed by atoms with E-state index in [1.807, 2.05) is 40.8 Å². The molecule has 0 amide bonds. The van der Waals surface area contributed by atoms with E-state index in [0.717, 1.165) is 20.8 Å². The molecule has 4 heterocycles. The van der Waals surface area contributed by atoms with E-state index in [2.05, 4.69) is 24.0 Å². The highest BCUT2D eigenvalue weighted by Gasteiger charge is 2.30. The highest BCUT2D eigenvalue weighted by atomic mass is 35.5. The summed E-state index contributed by atoms with van der Waals surface area (Å²) in [4.78, 5) is 16.1. The first kappa shape index (κ1) is 25.7. The first-order valence-electron chi connectivity index (χ1n) is 12.1. The number of ether oxygens (including phenoxy) is 2. The summed E-state index contributed by atoms with van der Waals surface area (Å²) in [5.74, 6) is 2.13. The summed E-state index contributed by atoms with van der Waals surface area (Å²) in [5, 5.41) is 11.4. The second-order valence-corrected chi connectivity index (χ2v) is 12.3. The van der Waals surface area contributed by atoms with Crippen LogP contribution >= 0.6 is 46.3 Å². The Morgan fingerprint density at radius 1 is 1.16 bits per heavy atom. The molecule has 0 fully saturated rings. The number of thiophene rings is 1. The summed E-state index contributed by atoms with van der Waals surface area (Å²) in [5.41, 5.74) is 2.68. The van der Waals surface area contributed by atoms with Gasteiger partial charge in [-0.3, -0.25) is 4.79 Å². The van der Waals surface area contributed by atoms with Crippen molar-refractivity contribution >= 4 is 62.3 Å². The van der Waals surface area contributed by atoms with E-state index >= 15 is 0 Å². The topological polar surface area (TPSA) is 70.7 Å². The Labute approximate surface area is 237 Å². The van der Waals surface area contributed by atoms with Gasteiger partial charge < -0.3 is 9.47 Å². The second-order valence-electron chi connectivity index (χ2n) is 9.48. The Morgan fingerprint density at radius 2 is 1.95 bits per heavy atom. The van der Waals surface area contributed by atoms with E-state index in [4.69, 9.17) is 32.7 Å². The van der Waals surface area contributed by atoms with Gasteiger partial charge in [0.1, 0.15) is 10.6 Å². The van der Waals surface area contributed by atoms with E-state index in [-0.39, 0.29) is 11.7 Å². The van der Waals surface area contributed by atoms with Crippen LogP contribution in [0, 0.1) is 5.92 Å². The first-order chi connectivity index (χ1) is 18.4. The lowest BCUT2D eigenvalue weighted by Crippen LogP contribution is -2.28. The molecule has 1 aliphatic heterocycles. The number of benzene rings is 2. The van der Waals surface area contributed by atoms with Gasteiger partial charge in [-0.2, -0.15) is 0 Å². The summed E-state index contributed by atoms with van der Waals surface area (Å²) in [7, 11) is 1.62. The molecule has 11 heteroatoms. The zero-order valence-corrected chi connectivity index (χ0v) is 24.0. The summed E-state index contributed by atoms with van der Waals surface area (Å²) >= 11 is 15.5. The molecular formula is C27H24Cl2N4O3S2. The van der Waals surface area contributed by atoms with Crippen molar-refractivity contribution in [2.24, 2.45) is 5.92 Å². The lowest BCUT2D eigenvalue weighted by molar-refractivity contribution is 0.00200. The quantitative estimate of drug-likeness (QED) is 0.204. The van der Waals surface area contributed by atoms with Gasteiger partial charge in [0.25, 0.3) is 5.56 Å². The predicted octanol–water partition coefficient (Wildman–Crippen LogP) is 6.80. The maximum absolute atomic E-state index is 14.1. The van der Waals surface area contributed by atoms with Crippen molar-refractivity contribution < 1.29 is 9.47 Å². The molecule has 6 rings (SSSR count). The Morgan fingerprint density at radius 3 is 2.66 bits per heavy atom. The molecule has 0 spiro atoms. The zero-order chi connectivity index (χ0) is 26.6. The minimum atomic E-state index is -0.104. The molecule has 7 nitrogen and oxygen atoms in total. The average molecular weight is 588 g/mol. The fourth-order valence-corrected chi connectivity index (χ4v) is 7.20. The predicted molar refractivity (Wildman–Crippen MR) is 154 cm³/mol. The number of rotatable bonds is 6. The van der Waals surface area contributed by atoms with Crippen LogP contribution in [0.4, 0.5) is 0 Å². The molecule has 0 aliphatic carbocycles. The number of fused-ring (bicyclic) bond motifs is 5. The molecule has 0 saturated heterocycles. The van der Waals surface area contributed by atoms with Crippen molar-refractivity contribution in [3.05, 3.63) is 78.9 Å². The highest BCUT2D eigenvalue weighted by Crippen LogP contribution is 2.38. The van der Waals surface area contributed by atoms with Crippen LogP contribution in [0.1, 0.15) is 29.9 Å². The van der Waals surface area contributed by atoms with Crippen LogP contribution in [0.25, 0.3) is 21.7 Å². The van der Waals surface area contributed by atoms with Crippen LogP contribution in [0.15, 0.2) is 52.4 Å². The highest BCUT2D eigenvalue weighted by molar-refractivity contribution is 7.98. The number of methoxy groups -OCH3 is 1. The van der Waals surface area contributed by atoms with Gasteiger partial charge in [0, 0.05) is 17.1 Å². The molecule has 196 valence electrons. The lowest BCUT2D eigenvalue weighted by Gasteiger charge is -2.26. The van der Waals surface area contributed by atoms with Gasteiger partial charge >= 0.3 is 0 Å². The zero-order valence-electron chi connectivity index (χ0n) is 20.9. The summed E-state index contributed by atoms with van der Waals surface area (Å²) < 4.78 is 15.1. The maximum Gasteiger partial charge on any atom is 0.268 e. The lowest BCUT2D eigenvalue weighted by atomic mass is 9.96. The third kappa shape index (κ3) is 4.40. The Hall–Kier alpha value is -2.56. The van der Waals surface area contributed by atoms with Crippen LogP contribution in [0.3, 0.4) is 0 Å². The van der Waals surface area contributed by atoms with Crippen molar-refractivity contribution in [2.45, 2.75) is 43.9 Å². The fourth-order valence-electron chi connectivity index (χ4n) is 4.70. The summed E-state index contributed by atoms with van der Waals surface area (Å²) in [6.45, 7) is 4.79. The first-order valence-corrected chi connectivity index (χ1v) is 14.7. The number of nitrogens with zero attached hydrogens (tertiary/aromatic N) is 4. The van der Waals surface area contributed by atoms with Gasteiger partial charge in [0.2, 0.25) is 5.78 Å². The fraction of sp³-hybridized carbons (Fsp3) is 0.296. The standard InChI is InChI=1S/C27H24Cl2N4O3S2/c1-14(2)21-11-18-22(12-36-21)38-25-23(18)24(34)32(16-5-7-17(35-3)8-6-16)26-30-31-27(33(25)26)37-13-15-4-9-19(28)20(29)10-15/h4-10,14,21H,11-13H2,1-3H3/t21-/m1/s1. The number of aromatic nitrogens is 4. The minimum Gasteiger partial charge on any atom is -0.497 e. The second kappa shape index (κ2) is 10.2. The van der Waals surface area contributed by atoms with Crippen LogP contribution in [-0.4, -0.2) is 32.4 Å². The van der Waals surface area contributed by atoms with Crippen LogP contribution in [-0.2, 0) is 23.5 Å². The smallest absolute Gasteiger partial charge is 0.268 e. The largest absolute Gasteiger partial charge is 0.497 e. The van der Waals surface area contributed by atoms with Crippen molar-refractivity contribution in [3.8, 4) is 11.4 Å². The monoisotopic (exact) mass is 586 g/mol. The number of thioether (sulfide) groups is 1. The molecule has 0 bridgehead atoms. The molecule has 2 aromatic carbocycles. The molecule has 5 aromatic rings. The molecule has 0 unspecified atom stereocenters. The molecular weight excluding hydrogens is 563 g/mol. The van der Waals surface area contributed by atoms with Gasteiger partial charge in [-0.15, -0.1) is 21.5 Å². The van der Waals surface area contributed by atoms with E-state index in [0.29, 0.717) is 62.5 Å². The summed E-state index contributed by atoms with van der Waals surface area (Å²) in [6.07, 6.45) is 0.763. The van der Waals surface area contributed by atoms with Gasteiger partial charge in [0.05, 0.1) is 40.9 Å². The Kier molecular flexibility index (Phi) is 6.90. The summed E-state index contributed by atoms with van der Waals surface area (Å²) in [6, 6.07) is 13.0. The molecule has 0 saturated carbocycles. The third-order valence-electron chi connectivity index (χ3n) is 6.77. The van der Waals surface area contributed by atoms with E-state index < -0.39 is 0 Å². The van der Waals surface area contributed by atoms with Crippen molar-refractivity contribution in [1.82, 2.24) is 19.2 Å². The number of hydrogen-bond donors (Lipinski definition) is 0. The Balaban J connectivity index is 1.55. The molecule has 1 atom stereocenters. The van der Waals surface area contributed by atoms with Gasteiger partial charge in [-0.25, -0.2) is 8.97 Å². The Bertz CT molecular complexity index is 1730. The van der Waals surface area contributed by atoms with Crippen LogP contribution in [0.5, 0.6) is 5.75 Å².